The summed E-state index contributed by atoms with van der Waals surface area (Å²) in [6.07, 6.45) is -0.616. The van der Waals surface area contributed by atoms with E-state index in [0.29, 0.717) is 0 Å². The van der Waals surface area contributed by atoms with Crippen LogP contribution >= 0.6 is 0 Å². The van der Waals surface area contributed by atoms with Gasteiger partial charge in [0.2, 0.25) is 5.89 Å². The van der Waals surface area contributed by atoms with Gasteiger partial charge in [0, 0.05) is 0 Å². The molecular weight excluding hydrogens is 366 g/mol. The van der Waals surface area contributed by atoms with Gasteiger partial charge in [-0.2, -0.15) is 4.98 Å². The number of aliphatic hydroxyl groups excluding tert-OH is 2. The Bertz CT molecular complexity index is 604. The summed E-state index contributed by atoms with van der Waals surface area (Å²) in [6.45, 7) is 2.81. The Balaban J connectivity index is 0.00000326. The topological polar surface area (TPSA) is 207 Å². The minimum atomic E-state index is -1.56. The molecule has 13 heteroatoms. The van der Waals surface area contributed by atoms with Crippen LogP contribution < -0.4 is 16.0 Å². The first-order chi connectivity index (χ1) is 12.8. The van der Waals surface area contributed by atoms with E-state index in [1.807, 2.05) is 19.2 Å². The van der Waals surface area contributed by atoms with E-state index in [4.69, 9.17) is 24.9 Å². The molecule has 0 radical (unpaired) electrons. The van der Waals surface area contributed by atoms with Gasteiger partial charge < -0.3 is 40.9 Å². The molecule has 27 heavy (non-hydrogen) atoms. The Labute approximate surface area is 154 Å². The SMILES string of the molecule is CC.CNC(CO)c1noc(C(CC(=O)O)NC(=O)NC(CO)C(=O)O)n1. The van der Waals surface area contributed by atoms with Crippen molar-refractivity contribution in [2.24, 2.45) is 0 Å². The maximum Gasteiger partial charge on any atom is 0.328 e. The number of carbonyl (C=O) groups excluding carboxylic acids is 1. The van der Waals surface area contributed by atoms with Crippen LogP contribution in [-0.2, 0) is 9.59 Å². The highest BCUT2D eigenvalue weighted by Gasteiger charge is 2.27. The number of carboxylic acids is 2. The minimum Gasteiger partial charge on any atom is -0.481 e. The van der Waals surface area contributed by atoms with Crippen molar-refractivity contribution in [3.05, 3.63) is 11.7 Å². The lowest BCUT2D eigenvalue weighted by Crippen LogP contribution is -2.49. The van der Waals surface area contributed by atoms with Crippen LogP contribution in [0.4, 0.5) is 4.79 Å². The predicted molar refractivity (Wildman–Crippen MR) is 89.7 cm³/mol. The van der Waals surface area contributed by atoms with E-state index in [-0.39, 0.29) is 18.3 Å². The van der Waals surface area contributed by atoms with E-state index < -0.39 is 49.1 Å². The normalized spacial score (nSPS) is 13.5. The molecule has 0 saturated carbocycles. The molecule has 1 aromatic heterocycles. The summed E-state index contributed by atoms with van der Waals surface area (Å²) in [5.74, 6) is -2.94. The van der Waals surface area contributed by atoms with Gasteiger partial charge in [0.15, 0.2) is 11.9 Å². The molecule has 3 unspecified atom stereocenters. The van der Waals surface area contributed by atoms with Gasteiger partial charge in [-0.05, 0) is 7.05 Å². The summed E-state index contributed by atoms with van der Waals surface area (Å²) in [5.41, 5.74) is 0. The van der Waals surface area contributed by atoms with Gasteiger partial charge >= 0.3 is 18.0 Å². The maximum absolute atomic E-state index is 11.8. The smallest absolute Gasteiger partial charge is 0.328 e. The molecule has 0 aliphatic heterocycles. The Morgan fingerprint density at radius 2 is 1.70 bits per heavy atom. The van der Waals surface area contributed by atoms with Crippen molar-refractivity contribution in [3.63, 3.8) is 0 Å². The molecule has 0 aromatic carbocycles. The van der Waals surface area contributed by atoms with Crippen molar-refractivity contribution in [1.82, 2.24) is 26.1 Å². The van der Waals surface area contributed by atoms with Crippen LogP contribution in [0.3, 0.4) is 0 Å². The fourth-order valence-electron chi connectivity index (χ4n) is 1.75. The molecule has 1 heterocycles. The standard InChI is InChI=1S/C12H19N5O8.C2H6/c1-13-6(3-18)9-16-10(25-17-9)5(2-8(20)21)14-12(24)15-7(4-19)11(22)23;1-2/h5-7,13,18-19H,2-4H2,1H3,(H,20,21)(H,22,23)(H2,14,15,24);1-2H3. The number of hydrogen-bond donors (Lipinski definition) is 7. The summed E-state index contributed by atoms with van der Waals surface area (Å²) >= 11 is 0. The van der Waals surface area contributed by atoms with Crippen LogP contribution in [0, 0.1) is 0 Å². The maximum atomic E-state index is 11.8. The molecule has 2 amide bonds. The zero-order valence-electron chi connectivity index (χ0n) is 15.2. The number of rotatable bonds is 10. The lowest BCUT2D eigenvalue weighted by Gasteiger charge is -2.16. The monoisotopic (exact) mass is 391 g/mol. The van der Waals surface area contributed by atoms with E-state index in [0.717, 1.165) is 0 Å². The Kier molecular flexibility index (Phi) is 11.3. The van der Waals surface area contributed by atoms with Crippen molar-refractivity contribution >= 4 is 18.0 Å². The van der Waals surface area contributed by atoms with Crippen molar-refractivity contribution in [3.8, 4) is 0 Å². The molecule has 0 aliphatic rings. The Morgan fingerprint density at radius 3 is 2.15 bits per heavy atom. The molecular formula is C14H25N5O8. The number of aliphatic carboxylic acids is 2. The number of aromatic nitrogens is 2. The molecule has 1 aromatic rings. The molecule has 0 bridgehead atoms. The summed E-state index contributed by atoms with van der Waals surface area (Å²) in [4.78, 5) is 37.5. The minimum absolute atomic E-state index is 0.0522. The largest absolute Gasteiger partial charge is 0.481 e. The van der Waals surface area contributed by atoms with Gasteiger partial charge in [0.25, 0.3) is 0 Å². The van der Waals surface area contributed by atoms with Crippen molar-refractivity contribution < 1.29 is 39.3 Å². The summed E-state index contributed by atoms with van der Waals surface area (Å²) in [6, 6.07) is -4.50. The molecule has 0 fully saturated rings. The second-order valence-corrected chi connectivity index (χ2v) is 4.86. The fourth-order valence-corrected chi connectivity index (χ4v) is 1.75. The molecule has 0 aliphatic carbocycles. The molecule has 154 valence electrons. The second-order valence-electron chi connectivity index (χ2n) is 4.86. The second kappa shape index (κ2) is 12.6. The number of likely N-dealkylation sites (N-methyl/N-ethyl adjacent to an activating group) is 1. The number of urea groups is 1. The van der Waals surface area contributed by atoms with Crippen LogP contribution in [0.5, 0.6) is 0 Å². The number of carboxylic acid groups (broad SMARTS) is 2. The zero-order valence-corrected chi connectivity index (χ0v) is 15.2. The van der Waals surface area contributed by atoms with Gasteiger partial charge in [-0.15, -0.1) is 0 Å². The van der Waals surface area contributed by atoms with Gasteiger partial charge in [-0.1, -0.05) is 19.0 Å². The van der Waals surface area contributed by atoms with Gasteiger partial charge in [-0.3, -0.25) is 4.79 Å². The van der Waals surface area contributed by atoms with Crippen LogP contribution in [0.1, 0.15) is 44.1 Å². The van der Waals surface area contributed by atoms with E-state index in [1.165, 1.54) is 7.05 Å². The number of carbonyl (C=O) groups is 3. The van der Waals surface area contributed by atoms with E-state index >= 15 is 0 Å². The van der Waals surface area contributed by atoms with E-state index in [1.54, 1.807) is 0 Å². The van der Waals surface area contributed by atoms with Gasteiger partial charge in [0.1, 0.15) is 6.04 Å². The predicted octanol–water partition coefficient (Wildman–Crippen LogP) is -1.39. The number of aliphatic hydroxyl groups is 2. The highest BCUT2D eigenvalue weighted by atomic mass is 16.5. The van der Waals surface area contributed by atoms with Crippen molar-refractivity contribution in [2.75, 3.05) is 20.3 Å². The summed E-state index contributed by atoms with van der Waals surface area (Å²) in [7, 11) is 1.54. The van der Waals surface area contributed by atoms with Gasteiger partial charge in [0.05, 0.1) is 25.7 Å². The molecule has 7 N–H and O–H groups in total. The average Bonchev–Trinajstić information content (AvgIpc) is 3.11. The number of hydrogen-bond acceptors (Lipinski definition) is 9. The van der Waals surface area contributed by atoms with Crippen LogP contribution in [0.25, 0.3) is 0 Å². The third kappa shape index (κ3) is 7.98. The highest BCUT2D eigenvalue weighted by molar-refractivity contribution is 5.83. The Morgan fingerprint density at radius 1 is 1.07 bits per heavy atom. The highest BCUT2D eigenvalue weighted by Crippen LogP contribution is 2.17. The molecule has 0 saturated heterocycles. The fraction of sp³-hybridized carbons (Fsp3) is 0.643. The van der Waals surface area contributed by atoms with Crippen LogP contribution in [0.2, 0.25) is 0 Å². The van der Waals surface area contributed by atoms with Crippen molar-refractivity contribution in [1.29, 1.82) is 0 Å². The molecule has 1 rings (SSSR count). The van der Waals surface area contributed by atoms with Crippen LogP contribution in [0.15, 0.2) is 4.52 Å². The third-order valence-corrected chi connectivity index (χ3v) is 3.07. The molecule has 13 nitrogen and oxygen atoms in total. The zero-order chi connectivity index (χ0) is 21.0. The number of nitrogens with one attached hydrogen (secondary N) is 3. The van der Waals surface area contributed by atoms with E-state index in [2.05, 4.69) is 20.8 Å². The average molecular weight is 391 g/mol. The number of amides is 2. The summed E-state index contributed by atoms with van der Waals surface area (Å²) < 4.78 is 4.91. The van der Waals surface area contributed by atoms with Gasteiger partial charge in [-0.25, -0.2) is 9.59 Å². The third-order valence-electron chi connectivity index (χ3n) is 3.07. The first kappa shape index (κ1) is 24.2. The van der Waals surface area contributed by atoms with Crippen molar-refractivity contribution in [2.45, 2.75) is 38.4 Å². The molecule has 3 atom stereocenters. The van der Waals surface area contributed by atoms with E-state index in [9.17, 15) is 14.4 Å². The quantitative estimate of drug-likeness (QED) is 0.247. The Hall–Kier alpha value is -2.77. The lowest BCUT2D eigenvalue weighted by molar-refractivity contribution is -0.140. The number of nitrogens with zero attached hydrogens (tertiary/aromatic N) is 2. The molecule has 0 spiro atoms. The lowest BCUT2D eigenvalue weighted by atomic mass is 10.2. The van der Waals surface area contributed by atoms with Crippen LogP contribution in [-0.4, -0.2) is 74.8 Å². The first-order valence-corrected chi connectivity index (χ1v) is 8.06. The first-order valence-electron chi connectivity index (χ1n) is 8.06. The summed E-state index contributed by atoms with van der Waals surface area (Å²) in [5, 5.41) is 46.2.